The number of anilines is 3. The molecule has 3 heterocycles. The highest BCUT2D eigenvalue weighted by atomic mass is 16.5. The van der Waals surface area contributed by atoms with Gasteiger partial charge >= 0.3 is 0 Å². The van der Waals surface area contributed by atoms with Crippen molar-refractivity contribution in [3.8, 4) is 5.75 Å². The molecule has 1 aliphatic heterocycles. The fraction of sp³-hybridized carbons (Fsp3) is 0.182. The lowest BCUT2D eigenvalue weighted by Gasteiger charge is -2.35. The Hall–Kier alpha value is -3.38. The van der Waals surface area contributed by atoms with Crippen molar-refractivity contribution < 1.29 is 9.84 Å². The number of aliphatic hydroxyl groups is 1. The van der Waals surface area contributed by atoms with E-state index in [0.29, 0.717) is 23.9 Å². The van der Waals surface area contributed by atoms with Gasteiger partial charge in [-0.2, -0.15) is 0 Å². The van der Waals surface area contributed by atoms with E-state index in [4.69, 9.17) is 4.74 Å². The van der Waals surface area contributed by atoms with Gasteiger partial charge < -0.3 is 20.1 Å². The predicted molar refractivity (Wildman–Crippen MR) is 112 cm³/mol. The number of pyridine rings is 2. The quantitative estimate of drug-likeness (QED) is 0.705. The molecule has 28 heavy (non-hydrogen) atoms. The second-order valence-electron chi connectivity index (χ2n) is 6.46. The molecule has 6 nitrogen and oxygen atoms in total. The van der Waals surface area contributed by atoms with Gasteiger partial charge in [-0.25, -0.2) is 9.97 Å². The van der Waals surface area contributed by atoms with E-state index in [-0.39, 0.29) is 0 Å². The van der Waals surface area contributed by atoms with Crippen LogP contribution in [0.3, 0.4) is 0 Å². The molecule has 0 amide bonds. The number of methoxy groups -OCH3 is 1. The Morgan fingerprint density at radius 2 is 1.86 bits per heavy atom. The molecule has 0 spiro atoms. The third-order valence-corrected chi connectivity index (χ3v) is 4.78. The van der Waals surface area contributed by atoms with E-state index in [1.54, 1.807) is 13.3 Å². The zero-order valence-electron chi connectivity index (χ0n) is 15.8. The molecule has 0 aliphatic carbocycles. The SMILES string of the molecule is CCN1c2cc(Nc3ccc(OC)cn3)ncc2C=C(c2ccccc2)C1O. The van der Waals surface area contributed by atoms with Crippen LogP contribution >= 0.6 is 0 Å². The average Bonchev–Trinajstić information content (AvgIpc) is 2.74. The largest absolute Gasteiger partial charge is 0.495 e. The molecular weight excluding hydrogens is 352 g/mol. The highest BCUT2D eigenvalue weighted by Crippen LogP contribution is 2.37. The minimum Gasteiger partial charge on any atom is -0.495 e. The Balaban J connectivity index is 1.67. The van der Waals surface area contributed by atoms with Gasteiger partial charge in [-0.15, -0.1) is 0 Å². The number of rotatable bonds is 5. The van der Waals surface area contributed by atoms with Crippen LogP contribution in [0.2, 0.25) is 0 Å². The van der Waals surface area contributed by atoms with Crippen LogP contribution in [0.1, 0.15) is 18.1 Å². The molecule has 1 unspecified atom stereocenters. The molecule has 2 aromatic heterocycles. The van der Waals surface area contributed by atoms with E-state index < -0.39 is 6.23 Å². The van der Waals surface area contributed by atoms with Crippen molar-refractivity contribution in [2.45, 2.75) is 13.2 Å². The fourth-order valence-electron chi connectivity index (χ4n) is 3.34. The Bertz CT molecular complexity index is 987. The number of nitrogens with zero attached hydrogens (tertiary/aromatic N) is 3. The maximum atomic E-state index is 11.0. The standard InChI is InChI=1S/C22H22N4O2/c1-3-26-19-12-21(25-20-10-9-17(28-2)14-24-20)23-13-16(19)11-18(22(26)27)15-7-5-4-6-8-15/h4-14,22,27H,3H2,1-2H3,(H,23,24,25). The summed E-state index contributed by atoms with van der Waals surface area (Å²) in [7, 11) is 1.61. The number of nitrogens with one attached hydrogen (secondary N) is 1. The Morgan fingerprint density at radius 1 is 1.07 bits per heavy atom. The number of aromatic nitrogens is 2. The average molecular weight is 374 g/mol. The molecule has 0 saturated carbocycles. The number of benzene rings is 1. The molecular formula is C22H22N4O2. The van der Waals surface area contributed by atoms with Gasteiger partial charge in [0.1, 0.15) is 17.4 Å². The van der Waals surface area contributed by atoms with Gasteiger partial charge in [0.25, 0.3) is 0 Å². The van der Waals surface area contributed by atoms with E-state index in [1.165, 1.54) is 0 Å². The van der Waals surface area contributed by atoms with Crippen LogP contribution in [-0.4, -0.2) is 35.0 Å². The van der Waals surface area contributed by atoms with Gasteiger partial charge in [-0.05, 0) is 30.7 Å². The molecule has 3 aromatic rings. The molecule has 2 N–H and O–H groups in total. The Kier molecular flexibility index (Phi) is 4.95. The molecule has 4 rings (SSSR count). The number of hydrogen-bond acceptors (Lipinski definition) is 6. The molecule has 1 aromatic carbocycles. The minimum atomic E-state index is -0.714. The second-order valence-corrected chi connectivity index (χ2v) is 6.46. The van der Waals surface area contributed by atoms with Crippen molar-refractivity contribution in [2.24, 2.45) is 0 Å². The van der Waals surface area contributed by atoms with Gasteiger partial charge in [-0.3, -0.25) is 0 Å². The summed E-state index contributed by atoms with van der Waals surface area (Å²) in [5.41, 5.74) is 3.78. The van der Waals surface area contributed by atoms with Crippen LogP contribution in [0.25, 0.3) is 11.6 Å². The van der Waals surface area contributed by atoms with Crippen LogP contribution in [-0.2, 0) is 0 Å². The Labute approximate surface area is 164 Å². The summed E-state index contributed by atoms with van der Waals surface area (Å²) in [5, 5.41) is 14.2. The molecule has 0 fully saturated rings. The van der Waals surface area contributed by atoms with Crippen molar-refractivity contribution >= 4 is 29.0 Å². The first kappa shape index (κ1) is 18.0. The fourth-order valence-corrected chi connectivity index (χ4v) is 3.34. The smallest absolute Gasteiger partial charge is 0.153 e. The summed E-state index contributed by atoms with van der Waals surface area (Å²) in [6.07, 6.45) is 4.76. The molecule has 0 radical (unpaired) electrons. The van der Waals surface area contributed by atoms with Crippen molar-refractivity contribution in [3.63, 3.8) is 0 Å². The summed E-state index contributed by atoms with van der Waals surface area (Å²) < 4.78 is 5.13. The van der Waals surface area contributed by atoms with Gasteiger partial charge in [0.05, 0.1) is 19.0 Å². The monoisotopic (exact) mass is 374 g/mol. The number of ether oxygens (including phenoxy) is 1. The topological polar surface area (TPSA) is 70.5 Å². The zero-order chi connectivity index (χ0) is 19.5. The molecule has 0 bridgehead atoms. The summed E-state index contributed by atoms with van der Waals surface area (Å²) in [4.78, 5) is 10.8. The lowest BCUT2D eigenvalue weighted by molar-refractivity contribution is 0.226. The van der Waals surface area contributed by atoms with E-state index in [0.717, 1.165) is 22.4 Å². The van der Waals surface area contributed by atoms with Gasteiger partial charge in [-0.1, -0.05) is 30.3 Å². The lowest BCUT2D eigenvalue weighted by atomic mass is 9.96. The highest BCUT2D eigenvalue weighted by molar-refractivity contribution is 5.92. The van der Waals surface area contributed by atoms with E-state index in [1.807, 2.05) is 72.6 Å². The molecule has 6 heteroatoms. The molecule has 1 aliphatic rings. The summed E-state index contributed by atoms with van der Waals surface area (Å²) in [6.45, 7) is 2.70. The maximum Gasteiger partial charge on any atom is 0.153 e. The first-order valence-electron chi connectivity index (χ1n) is 9.18. The van der Waals surface area contributed by atoms with Crippen LogP contribution < -0.4 is 15.0 Å². The zero-order valence-corrected chi connectivity index (χ0v) is 15.8. The van der Waals surface area contributed by atoms with Crippen molar-refractivity contribution in [3.05, 3.63) is 72.1 Å². The van der Waals surface area contributed by atoms with E-state index in [2.05, 4.69) is 15.3 Å². The third-order valence-electron chi connectivity index (χ3n) is 4.78. The summed E-state index contributed by atoms with van der Waals surface area (Å²) >= 11 is 0. The van der Waals surface area contributed by atoms with Crippen molar-refractivity contribution in [1.29, 1.82) is 0 Å². The first-order valence-corrected chi connectivity index (χ1v) is 9.18. The van der Waals surface area contributed by atoms with Crippen LogP contribution in [0.4, 0.5) is 17.3 Å². The first-order chi connectivity index (χ1) is 13.7. The van der Waals surface area contributed by atoms with Crippen molar-refractivity contribution in [2.75, 3.05) is 23.9 Å². The van der Waals surface area contributed by atoms with E-state index >= 15 is 0 Å². The number of fused-ring (bicyclic) bond motifs is 1. The maximum absolute atomic E-state index is 11.0. The predicted octanol–water partition coefficient (Wildman–Crippen LogP) is 3.93. The number of aliphatic hydroxyl groups excluding tert-OH is 1. The van der Waals surface area contributed by atoms with Crippen molar-refractivity contribution in [1.82, 2.24) is 9.97 Å². The summed E-state index contributed by atoms with van der Waals surface area (Å²) in [5.74, 6) is 2.04. The van der Waals surface area contributed by atoms with Crippen LogP contribution in [0.15, 0.2) is 60.9 Å². The second kappa shape index (κ2) is 7.70. The number of hydrogen-bond donors (Lipinski definition) is 2. The molecule has 1 atom stereocenters. The summed E-state index contributed by atoms with van der Waals surface area (Å²) in [6, 6.07) is 15.5. The minimum absolute atomic E-state index is 0.665. The normalized spacial score (nSPS) is 15.6. The van der Waals surface area contributed by atoms with Crippen LogP contribution in [0, 0.1) is 0 Å². The van der Waals surface area contributed by atoms with Crippen LogP contribution in [0.5, 0.6) is 5.75 Å². The van der Waals surface area contributed by atoms with E-state index in [9.17, 15) is 5.11 Å². The Morgan fingerprint density at radius 3 is 2.54 bits per heavy atom. The lowest BCUT2D eigenvalue weighted by Crippen LogP contribution is -2.38. The third kappa shape index (κ3) is 3.42. The van der Waals surface area contributed by atoms with Gasteiger partial charge in [0.15, 0.2) is 6.23 Å². The van der Waals surface area contributed by atoms with Gasteiger partial charge in [0.2, 0.25) is 0 Å². The number of likely N-dealkylation sites (N-methyl/N-ethyl adjacent to an activating group) is 1. The molecule has 0 saturated heterocycles. The molecule has 142 valence electrons. The highest BCUT2D eigenvalue weighted by Gasteiger charge is 2.27. The van der Waals surface area contributed by atoms with Gasteiger partial charge in [0, 0.05) is 29.9 Å².